The van der Waals surface area contributed by atoms with Crippen molar-refractivity contribution in [3.8, 4) is 0 Å². The van der Waals surface area contributed by atoms with Crippen molar-refractivity contribution in [2.75, 3.05) is 19.8 Å². The Bertz CT molecular complexity index is 392. The molecule has 6 nitrogen and oxygen atoms in total. The summed E-state index contributed by atoms with van der Waals surface area (Å²) < 4.78 is 25.6. The summed E-state index contributed by atoms with van der Waals surface area (Å²) in [7, 11) is 0.941. The Kier molecular flexibility index (Phi) is 3.92. The van der Waals surface area contributed by atoms with E-state index in [1.807, 2.05) is 0 Å². The van der Waals surface area contributed by atoms with Crippen molar-refractivity contribution >= 4 is 28.1 Å². The highest BCUT2D eigenvalue weighted by atomic mass is 35.5. The standard InChI is InChI=1S/C6H12N4O2S.ClH/c1-9(2)13(11,12)6-5(7)4-8-10(6)3;/h4H,7H2,1-3H3;1H. The molecule has 0 unspecified atom stereocenters. The fourth-order valence-corrected chi connectivity index (χ4v) is 2.01. The van der Waals surface area contributed by atoms with Crippen molar-refractivity contribution in [3.05, 3.63) is 6.20 Å². The van der Waals surface area contributed by atoms with Crippen LogP contribution in [0.15, 0.2) is 11.2 Å². The predicted octanol–water partition coefficient (Wildman–Crippen LogP) is -0.326. The first-order valence-corrected chi connectivity index (χ1v) is 5.01. The van der Waals surface area contributed by atoms with Crippen LogP contribution >= 0.6 is 12.4 Å². The lowest BCUT2D eigenvalue weighted by atomic mass is 10.6. The van der Waals surface area contributed by atoms with Crippen molar-refractivity contribution in [1.82, 2.24) is 14.1 Å². The molecular weight excluding hydrogens is 228 g/mol. The van der Waals surface area contributed by atoms with E-state index in [9.17, 15) is 8.42 Å². The Labute approximate surface area is 89.1 Å². The molecule has 0 saturated heterocycles. The number of anilines is 1. The third kappa shape index (κ3) is 1.99. The minimum absolute atomic E-state index is 0. The molecule has 0 radical (unpaired) electrons. The maximum absolute atomic E-state index is 11.6. The van der Waals surface area contributed by atoms with Gasteiger partial charge in [-0.15, -0.1) is 12.4 Å². The van der Waals surface area contributed by atoms with Crippen LogP contribution in [0.2, 0.25) is 0 Å². The fraction of sp³-hybridized carbons (Fsp3) is 0.500. The lowest BCUT2D eigenvalue weighted by molar-refractivity contribution is 0.507. The number of aromatic nitrogens is 2. The van der Waals surface area contributed by atoms with Gasteiger partial charge in [-0.3, -0.25) is 4.68 Å². The average molecular weight is 241 g/mol. The minimum Gasteiger partial charge on any atom is -0.395 e. The van der Waals surface area contributed by atoms with Gasteiger partial charge in [0.15, 0.2) is 5.03 Å². The van der Waals surface area contributed by atoms with Gasteiger partial charge in [0.1, 0.15) is 0 Å². The molecule has 0 saturated carbocycles. The van der Waals surface area contributed by atoms with E-state index in [4.69, 9.17) is 5.73 Å². The van der Waals surface area contributed by atoms with Gasteiger partial charge in [0, 0.05) is 21.1 Å². The van der Waals surface area contributed by atoms with Crippen molar-refractivity contribution in [3.63, 3.8) is 0 Å². The van der Waals surface area contributed by atoms with Crippen molar-refractivity contribution in [1.29, 1.82) is 0 Å². The Hall–Kier alpha value is -0.790. The number of aryl methyl sites for hydroxylation is 1. The quantitative estimate of drug-likeness (QED) is 0.768. The third-order valence-electron chi connectivity index (χ3n) is 1.64. The minimum atomic E-state index is -3.49. The maximum atomic E-state index is 11.6. The largest absolute Gasteiger partial charge is 0.395 e. The molecule has 0 aliphatic rings. The van der Waals surface area contributed by atoms with E-state index in [0.29, 0.717) is 0 Å². The summed E-state index contributed by atoms with van der Waals surface area (Å²) in [6.45, 7) is 0. The van der Waals surface area contributed by atoms with Crippen molar-refractivity contribution in [2.45, 2.75) is 5.03 Å². The van der Waals surface area contributed by atoms with Crippen LogP contribution < -0.4 is 5.73 Å². The Morgan fingerprint density at radius 2 is 2.00 bits per heavy atom. The molecule has 0 aliphatic carbocycles. The molecule has 0 bridgehead atoms. The van der Waals surface area contributed by atoms with E-state index < -0.39 is 10.0 Å². The molecular formula is C6H13ClN4O2S. The van der Waals surface area contributed by atoms with E-state index in [0.717, 1.165) is 4.31 Å². The highest BCUT2D eigenvalue weighted by Crippen LogP contribution is 2.18. The number of rotatable bonds is 2. The summed E-state index contributed by atoms with van der Waals surface area (Å²) in [5.41, 5.74) is 5.64. The molecule has 0 atom stereocenters. The average Bonchev–Trinajstić information content (AvgIpc) is 2.30. The number of nitrogens with zero attached hydrogens (tertiary/aromatic N) is 3. The molecule has 82 valence electrons. The summed E-state index contributed by atoms with van der Waals surface area (Å²) in [6, 6.07) is 0. The van der Waals surface area contributed by atoms with Gasteiger partial charge in [-0.05, 0) is 0 Å². The first-order chi connectivity index (χ1) is 5.87. The number of halogens is 1. The summed E-state index contributed by atoms with van der Waals surface area (Å²) in [4.78, 5) is 0. The summed E-state index contributed by atoms with van der Waals surface area (Å²) in [6.07, 6.45) is 1.32. The SMILES string of the molecule is CN(C)S(=O)(=O)c1c(N)cnn1C.Cl. The van der Waals surface area contributed by atoms with Gasteiger partial charge in [0.2, 0.25) is 0 Å². The second kappa shape index (κ2) is 4.16. The van der Waals surface area contributed by atoms with Crippen LogP contribution in [0.5, 0.6) is 0 Å². The molecule has 2 N–H and O–H groups in total. The fourth-order valence-electron chi connectivity index (χ4n) is 0.932. The topological polar surface area (TPSA) is 81.2 Å². The number of sulfonamides is 1. The molecule has 1 aromatic heterocycles. The van der Waals surface area contributed by atoms with E-state index in [-0.39, 0.29) is 23.1 Å². The summed E-state index contributed by atoms with van der Waals surface area (Å²) in [5, 5.41) is 3.78. The molecule has 0 amide bonds. The van der Waals surface area contributed by atoms with E-state index in [1.54, 1.807) is 0 Å². The molecule has 0 spiro atoms. The Balaban J connectivity index is 0.00000169. The highest BCUT2D eigenvalue weighted by Gasteiger charge is 2.24. The lowest BCUT2D eigenvalue weighted by Gasteiger charge is -2.11. The van der Waals surface area contributed by atoms with Gasteiger partial charge in [-0.1, -0.05) is 0 Å². The van der Waals surface area contributed by atoms with Gasteiger partial charge in [-0.25, -0.2) is 12.7 Å². The van der Waals surface area contributed by atoms with E-state index in [1.165, 1.54) is 32.0 Å². The van der Waals surface area contributed by atoms with Gasteiger partial charge in [0.05, 0.1) is 11.9 Å². The van der Waals surface area contributed by atoms with Crippen molar-refractivity contribution < 1.29 is 8.42 Å². The summed E-state index contributed by atoms with van der Waals surface area (Å²) in [5.74, 6) is 0. The molecule has 0 fully saturated rings. The van der Waals surface area contributed by atoms with Crippen LogP contribution in [-0.4, -0.2) is 36.6 Å². The predicted molar refractivity (Wildman–Crippen MR) is 55.7 cm³/mol. The monoisotopic (exact) mass is 240 g/mol. The normalized spacial score (nSPS) is 11.4. The van der Waals surface area contributed by atoms with Crippen LogP contribution in [0.3, 0.4) is 0 Å². The summed E-state index contributed by atoms with van der Waals surface area (Å²) >= 11 is 0. The van der Waals surface area contributed by atoms with E-state index >= 15 is 0 Å². The van der Waals surface area contributed by atoms with E-state index in [2.05, 4.69) is 5.10 Å². The molecule has 14 heavy (non-hydrogen) atoms. The zero-order valence-electron chi connectivity index (χ0n) is 8.13. The number of nitrogens with two attached hydrogens (primary N) is 1. The highest BCUT2D eigenvalue weighted by molar-refractivity contribution is 7.89. The Morgan fingerprint density at radius 3 is 2.29 bits per heavy atom. The molecule has 1 heterocycles. The second-order valence-corrected chi connectivity index (χ2v) is 4.88. The maximum Gasteiger partial charge on any atom is 0.261 e. The van der Waals surface area contributed by atoms with Crippen LogP contribution in [0, 0.1) is 0 Å². The number of hydrogen-bond acceptors (Lipinski definition) is 4. The molecule has 1 rings (SSSR count). The first kappa shape index (κ1) is 13.2. The molecule has 8 heteroatoms. The number of nitrogen functional groups attached to an aromatic ring is 1. The zero-order chi connectivity index (χ0) is 10.2. The smallest absolute Gasteiger partial charge is 0.261 e. The van der Waals surface area contributed by atoms with Crippen LogP contribution in [-0.2, 0) is 17.1 Å². The third-order valence-corrected chi connectivity index (χ3v) is 3.59. The van der Waals surface area contributed by atoms with Gasteiger partial charge >= 0.3 is 0 Å². The van der Waals surface area contributed by atoms with Gasteiger partial charge in [-0.2, -0.15) is 5.10 Å². The zero-order valence-corrected chi connectivity index (χ0v) is 9.76. The molecule has 0 aliphatic heterocycles. The molecule has 0 aromatic carbocycles. The van der Waals surface area contributed by atoms with Crippen LogP contribution in [0.1, 0.15) is 0 Å². The lowest BCUT2D eigenvalue weighted by Crippen LogP contribution is -2.25. The number of hydrogen-bond donors (Lipinski definition) is 1. The van der Waals surface area contributed by atoms with Gasteiger partial charge in [0.25, 0.3) is 10.0 Å². The van der Waals surface area contributed by atoms with Crippen LogP contribution in [0.4, 0.5) is 5.69 Å². The second-order valence-electron chi connectivity index (χ2n) is 2.82. The van der Waals surface area contributed by atoms with Crippen molar-refractivity contribution in [2.24, 2.45) is 7.05 Å². The first-order valence-electron chi connectivity index (χ1n) is 3.57. The Morgan fingerprint density at radius 1 is 1.50 bits per heavy atom. The van der Waals surface area contributed by atoms with Gasteiger partial charge < -0.3 is 5.73 Å². The molecule has 1 aromatic rings. The van der Waals surface area contributed by atoms with Crippen LogP contribution in [0.25, 0.3) is 0 Å².